The van der Waals surface area contributed by atoms with E-state index in [1.807, 2.05) is 17.9 Å². The Morgan fingerprint density at radius 2 is 2.40 bits per heavy atom. The van der Waals surface area contributed by atoms with Crippen LogP contribution in [0.4, 0.5) is 0 Å². The number of hydrogen-bond acceptors (Lipinski definition) is 5. The van der Waals surface area contributed by atoms with Crippen LogP contribution in [0.1, 0.15) is 22.5 Å². The fourth-order valence-corrected chi connectivity index (χ4v) is 4.02. The smallest absolute Gasteiger partial charge is 0.287 e. The van der Waals surface area contributed by atoms with E-state index < -0.39 is 0 Å². The molecule has 134 valence electrons. The molecule has 25 heavy (non-hydrogen) atoms. The Hall–Kier alpha value is -2.12. The van der Waals surface area contributed by atoms with Gasteiger partial charge in [0.15, 0.2) is 5.76 Å². The van der Waals surface area contributed by atoms with Crippen LogP contribution in [0.5, 0.6) is 0 Å². The largest absolute Gasteiger partial charge is 0.459 e. The molecule has 2 aliphatic heterocycles. The molecule has 0 unspecified atom stereocenters. The molecule has 0 spiro atoms. The second kappa shape index (κ2) is 7.01. The van der Waals surface area contributed by atoms with Crippen LogP contribution in [0.15, 0.2) is 35.2 Å². The number of piperidine rings is 1. The lowest BCUT2D eigenvalue weighted by atomic mass is 9.84. The second-order valence-corrected chi connectivity index (χ2v) is 7.03. The highest BCUT2D eigenvalue weighted by Gasteiger charge is 2.40. The Morgan fingerprint density at radius 3 is 3.16 bits per heavy atom. The number of carbonyl (C=O) groups excluding carboxylic acids is 1. The molecule has 7 nitrogen and oxygen atoms in total. The van der Waals surface area contributed by atoms with E-state index in [1.165, 1.54) is 11.8 Å². The average Bonchev–Trinajstić information content (AvgIpc) is 3.34. The van der Waals surface area contributed by atoms with E-state index in [4.69, 9.17) is 9.15 Å². The summed E-state index contributed by atoms with van der Waals surface area (Å²) in [5.74, 6) is 1.23. The number of likely N-dealkylation sites (tertiary alicyclic amines) is 1. The van der Waals surface area contributed by atoms with Crippen molar-refractivity contribution in [1.82, 2.24) is 20.0 Å². The molecular weight excluding hydrogens is 320 g/mol. The Balaban J connectivity index is 1.28. The van der Waals surface area contributed by atoms with Crippen LogP contribution in [0, 0.1) is 11.8 Å². The van der Waals surface area contributed by atoms with Gasteiger partial charge in [-0.2, -0.15) is 5.10 Å². The molecule has 7 heteroatoms. The Bertz CT molecular complexity index is 712. The van der Waals surface area contributed by atoms with Crippen LogP contribution in [-0.2, 0) is 18.3 Å². The van der Waals surface area contributed by atoms with E-state index in [2.05, 4.69) is 21.5 Å². The number of carbonyl (C=O) groups is 1. The van der Waals surface area contributed by atoms with Gasteiger partial charge in [-0.15, -0.1) is 0 Å². The van der Waals surface area contributed by atoms with Gasteiger partial charge in [-0.1, -0.05) is 0 Å². The molecule has 2 fully saturated rings. The fourth-order valence-electron chi connectivity index (χ4n) is 4.02. The molecule has 0 bridgehead atoms. The molecule has 4 rings (SSSR count). The van der Waals surface area contributed by atoms with Crippen molar-refractivity contribution in [2.45, 2.75) is 19.1 Å². The van der Waals surface area contributed by atoms with E-state index in [9.17, 15) is 4.79 Å². The van der Waals surface area contributed by atoms with Gasteiger partial charge in [0.25, 0.3) is 5.91 Å². The number of nitrogens with one attached hydrogen (secondary N) is 1. The first-order valence-electron chi connectivity index (χ1n) is 8.82. The van der Waals surface area contributed by atoms with Crippen molar-refractivity contribution in [3.05, 3.63) is 42.1 Å². The quantitative estimate of drug-likeness (QED) is 0.885. The summed E-state index contributed by atoms with van der Waals surface area (Å²) in [4.78, 5) is 14.5. The summed E-state index contributed by atoms with van der Waals surface area (Å²) in [6.07, 6.45) is 6.72. The number of furan rings is 1. The predicted molar refractivity (Wildman–Crippen MR) is 90.9 cm³/mol. The monoisotopic (exact) mass is 344 g/mol. The normalized spacial score (nSPS) is 26.5. The molecule has 0 saturated carbocycles. The molecular formula is C18H24N4O3. The van der Waals surface area contributed by atoms with Crippen molar-refractivity contribution in [2.24, 2.45) is 18.9 Å². The maximum absolute atomic E-state index is 12.0. The molecule has 4 heterocycles. The lowest BCUT2D eigenvalue weighted by molar-refractivity contribution is 0.0729. The van der Waals surface area contributed by atoms with Crippen LogP contribution in [-0.4, -0.2) is 52.9 Å². The maximum Gasteiger partial charge on any atom is 0.287 e. The highest BCUT2D eigenvalue weighted by Crippen LogP contribution is 2.34. The summed E-state index contributed by atoms with van der Waals surface area (Å²) in [6, 6.07) is 3.39. The van der Waals surface area contributed by atoms with Crippen LogP contribution < -0.4 is 5.32 Å². The minimum atomic E-state index is -0.175. The summed E-state index contributed by atoms with van der Waals surface area (Å²) in [5.41, 5.74) is 1.25. The van der Waals surface area contributed by atoms with Gasteiger partial charge in [0, 0.05) is 44.4 Å². The Kier molecular flexibility index (Phi) is 4.59. The van der Waals surface area contributed by atoms with Crippen LogP contribution in [0.3, 0.4) is 0 Å². The highest BCUT2D eigenvalue weighted by molar-refractivity contribution is 5.91. The molecule has 1 amide bonds. The number of ether oxygens (including phenoxy) is 1. The van der Waals surface area contributed by atoms with Crippen molar-refractivity contribution in [3.63, 3.8) is 0 Å². The Morgan fingerprint density at radius 1 is 1.48 bits per heavy atom. The molecule has 0 aliphatic carbocycles. The minimum absolute atomic E-state index is 0.101. The molecule has 2 aromatic heterocycles. The summed E-state index contributed by atoms with van der Waals surface area (Å²) >= 11 is 0. The molecule has 2 aliphatic rings. The standard InChI is InChI=1S/C18H24N4O3/c1-21-9-13(7-20-21)10-22-5-4-15-14(11-22)12-25-17(15)8-19-18(23)16-3-2-6-24-16/h2-3,6-7,9,14-15,17H,4-5,8,10-12H2,1H3,(H,19,23)/t14-,15-,17+/m0/s1. The molecule has 3 atom stereocenters. The van der Waals surface area contributed by atoms with Crippen molar-refractivity contribution in [2.75, 3.05) is 26.2 Å². The summed E-state index contributed by atoms with van der Waals surface area (Å²) in [5, 5.41) is 7.17. The van der Waals surface area contributed by atoms with Gasteiger partial charge in [0.05, 0.1) is 25.2 Å². The predicted octanol–water partition coefficient (Wildman–Crippen LogP) is 1.28. The average molecular weight is 344 g/mol. The van der Waals surface area contributed by atoms with Gasteiger partial charge in [-0.05, 0) is 31.0 Å². The fraction of sp³-hybridized carbons (Fsp3) is 0.556. The third-order valence-electron chi connectivity index (χ3n) is 5.25. The lowest BCUT2D eigenvalue weighted by Gasteiger charge is -2.35. The summed E-state index contributed by atoms with van der Waals surface area (Å²) < 4.78 is 13.0. The van der Waals surface area contributed by atoms with Crippen molar-refractivity contribution < 1.29 is 13.9 Å². The SMILES string of the molecule is Cn1cc(CN2CC[C@H]3[C@H](CO[C@@H]3CNC(=O)c3ccco3)C2)cn1. The second-order valence-electron chi connectivity index (χ2n) is 7.03. The minimum Gasteiger partial charge on any atom is -0.459 e. The molecule has 0 radical (unpaired) electrons. The van der Waals surface area contributed by atoms with Gasteiger partial charge in [-0.25, -0.2) is 0 Å². The van der Waals surface area contributed by atoms with E-state index >= 15 is 0 Å². The van der Waals surface area contributed by atoms with Crippen LogP contribution >= 0.6 is 0 Å². The van der Waals surface area contributed by atoms with Crippen molar-refractivity contribution >= 4 is 5.91 Å². The lowest BCUT2D eigenvalue weighted by Crippen LogP contribution is -2.43. The first kappa shape index (κ1) is 16.4. The number of fused-ring (bicyclic) bond motifs is 1. The van der Waals surface area contributed by atoms with Gasteiger partial charge in [0.2, 0.25) is 0 Å². The third-order valence-corrected chi connectivity index (χ3v) is 5.25. The molecule has 2 saturated heterocycles. The van der Waals surface area contributed by atoms with Crippen LogP contribution in [0.2, 0.25) is 0 Å². The van der Waals surface area contributed by atoms with Gasteiger partial charge < -0.3 is 14.5 Å². The Labute approximate surface area is 146 Å². The topological polar surface area (TPSA) is 72.5 Å². The van der Waals surface area contributed by atoms with Gasteiger partial charge in [0.1, 0.15) is 0 Å². The van der Waals surface area contributed by atoms with Crippen molar-refractivity contribution in [3.8, 4) is 0 Å². The number of rotatable bonds is 5. The van der Waals surface area contributed by atoms with E-state index in [0.717, 1.165) is 32.7 Å². The zero-order chi connectivity index (χ0) is 17.2. The van der Waals surface area contributed by atoms with E-state index in [0.29, 0.717) is 24.1 Å². The van der Waals surface area contributed by atoms with E-state index in [1.54, 1.807) is 12.1 Å². The summed E-state index contributed by atoms with van der Waals surface area (Å²) in [7, 11) is 1.95. The van der Waals surface area contributed by atoms with Gasteiger partial charge in [-0.3, -0.25) is 14.4 Å². The number of nitrogens with zero attached hydrogens (tertiary/aromatic N) is 3. The van der Waals surface area contributed by atoms with Crippen LogP contribution in [0.25, 0.3) is 0 Å². The number of aromatic nitrogens is 2. The first-order chi connectivity index (χ1) is 12.2. The zero-order valence-electron chi connectivity index (χ0n) is 14.4. The molecule has 1 N–H and O–H groups in total. The third kappa shape index (κ3) is 3.62. The van der Waals surface area contributed by atoms with Gasteiger partial charge >= 0.3 is 0 Å². The highest BCUT2D eigenvalue weighted by atomic mass is 16.5. The first-order valence-corrected chi connectivity index (χ1v) is 8.82. The summed E-state index contributed by atoms with van der Waals surface area (Å²) in [6.45, 7) is 4.36. The zero-order valence-corrected chi connectivity index (χ0v) is 14.4. The number of hydrogen-bond donors (Lipinski definition) is 1. The van der Waals surface area contributed by atoms with Crippen molar-refractivity contribution in [1.29, 1.82) is 0 Å². The molecule has 0 aromatic carbocycles. The van der Waals surface area contributed by atoms with E-state index in [-0.39, 0.29) is 12.0 Å². The molecule has 2 aromatic rings. The maximum atomic E-state index is 12.0. The number of amides is 1. The number of aryl methyl sites for hydroxylation is 1.